The molecule has 0 amide bonds. The summed E-state index contributed by atoms with van der Waals surface area (Å²) in [5, 5.41) is 5.02. The molecule has 0 spiro atoms. The van der Waals surface area contributed by atoms with Crippen LogP contribution in [0.5, 0.6) is 0 Å². The summed E-state index contributed by atoms with van der Waals surface area (Å²) in [4.78, 5) is 16.0. The van der Waals surface area contributed by atoms with Crippen LogP contribution in [-0.2, 0) is 4.74 Å². The molecule has 96 valence electrons. The summed E-state index contributed by atoms with van der Waals surface area (Å²) >= 11 is 0. The fourth-order valence-electron chi connectivity index (χ4n) is 2.01. The number of carbonyl (C=O) groups excluding carboxylic acids is 1. The van der Waals surface area contributed by atoms with E-state index in [1.165, 1.54) is 4.52 Å². The molecule has 3 rings (SSSR count). The second-order valence-corrected chi connectivity index (χ2v) is 4.03. The van der Waals surface area contributed by atoms with Gasteiger partial charge in [-0.3, -0.25) is 0 Å². The molecule has 0 saturated carbocycles. The van der Waals surface area contributed by atoms with Gasteiger partial charge in [0, 0.05) is 5.39 Å². The predicted octanol–water partition coefficient (Wildman–Crippen LogP) is 1.64. The van der Waals surface area contributed by atoms with E-state index in [4.69, 9.17) is 10.5 Å². The van der Waals surface area contributed by atoms with Gasteiger partial charge < -0.3 is 10.5 Å². The number of carbonyl (C=O) groups is 1. The number of rotatable bonds is 2. The smallest absolute Gasteiger partial charge is 0.358 e. The van der Waals surface area contributed by atoms with Gasteiger partial charge in [0.1, 0.15) is 0 Å². The summed E-state index contributed by atoms with van der Waals surface area (Å²) in [5.74, 6) is -0.223. The number of fused-ring (bicyclic) bond motifs is 3. The summed E-state index contributed by atoms with van der Waals surface area (Å²) in [6.45, 7) is 2.06. The Bertz CT molecular complexity index is 779. The van der Waals surface area contributed by atoms with Crippen LogP contribution in [0.15, 0.2) is 30.3 Å². The number of benzene rings is 1. The van der Waals surface area contributed by atoms with Gasteiger partial charge in [0.05, 0.1) is 17.6 Å². The van der Waals surface area contributed by atoms with E-state index in [0.717, 1.165) is 16.4 Å². The monoisotopic (exact) mass is 256 g/mol. The molecule has 1 aromatic carbocycles. The number of para-hydroxylation sites is 1. The Morgan fingerprint density at radius 3 is 3.00 bits per heavy atom. The third-order valence-corrected chi connectivity index (χ3v) is 2.83. The van der Waals surface area contributed by atoms with Crippen molar-refractivity contribution >= 4 is 28.3 Å². The molecule has 3 aromatic rings. The number of aromatic nitrogens is 3. The molecule has 6 heteroatoms. The van der Waals surface area contributed by atoms with Crippen molar-refractivity contribution < 1.29 is 9.53 Å². The lowest BCUT2D eigenvalue weighted by atomic mass is 10.2. The van der Waals surface area contributed by atoms with Crippen LogP contribution in [0.1, 0.15) is 17.4 Å². The van der Waals surface area contributed by atoms with Crippen molar-refractivity contribution in [3.8, 4) is 0 Å². The zero-order chi connectivity index (χ0) is 13.4. The van der Waals surface area contributed by atoms with Crippen molar-refractivity contribution in [3.63, 3.8) is 0 Å². The zero-order valence-corrected chi connectivity index (χ0v) is 10.3. The van der Waals surface area contributed by atoms with Gasteiger partial charge in [0.2, 0.25) is 5.95 Å². The summed E-state index contributed by atoms with van der Waals surface area (Å²) in [6, 6.07) is 9.22. The average Bonchev–Trinajstić information content (AvgIpc) is 2.85. The van der Waals surface area contributed by atoms with Gasteiger partial charge in [-0.2, -0.15) is 9.61 Å². The molecule has 19 heavy (non-hydrogen) atoms. The van der Waals surface area contributed by atoms with E-state index in [9.17, 15) is 4.79 Å². The first-order valence-corrected chi connectivity index (χ1v) is 5.92. The van der Waals surface area contributed by atoms with Crippen LogP contribution < -0.4 is 5.73 Å². The van der Waals surface area contributed by atoms with Crippen LogP contribution in [0.4, 0.5) is 5.95 Å². The minimum atomic E-state index is -0.463. The number of ether oxygens (including phenoxy) is 1. The number of esters is 1. The molecule has 0 radical (unpaired) electrons. The Morgan fingerprint density at radius 1 is 1.42 bits per heavy atom. The van der Waals surface area contributed by atoms with E-state index >= 15 is 0 Å². The Morgan fingerprint density at radius 2 is 2.21 bits per heavy atom. The minimum Gasteiger partial charge on any atom is -0.461 e. The highest BCUT2D eigenvalue weighted by Gasteiger charge is 2.15. The van der Waals surface area contributed by atoms with Gasteiger partial charge in [-0.25, -0.2) is 9.78 Å². The number of anilines is 1. The largest absolute Gasteiger partial charge is 0.461 e. The maximum atomic E-state index is 11.7. The lowest BCUT2D eigenvalue weighted by Gasteiger charge is -2.02. The molecule has 0 fully saturated rings. The SMILES string of the molecule is CCOC(=O)c1cc2c3ccccc3nc(N)n2n1. The zero-order valence-electron chi connectivity index (χ0n) is 10.3. The van der Waals surface area contributed by atoms with Crippen LogP contribution in [0.2, 0.25) is 0 Å². The molecule has 2 heterocycles. The molecule has 0 aliphatic rings. The molecule has 0 atom stereocenters. The van der Waals surface area contributed by atoms with Gasteiger partial charge in [0.15, 0.2) is 5.69 Å². The van der Waals surface area contributed by atoms with Crippen LogP contribution in [0.25, 0.3) is 16.4 Å². The Labute approximate surface area is 108 Å². The molecule has 0 bridgehead atoms. The predicted molar refractivity (Wildman–Crippen MR) is 70.9 cm³/mol. The first-order chi connectivity index (χ1) is 9.20. The van der Waals surface area contributed by atoms with E-state index < -0.39 is 5.97 Å². The van der Waals surface area contributed by atoms with Gasteiger partial charge >= 0.3 is 5.97 Å². The van der Waals surface area contributed by atoms with Crippen LogP contribution in [0, 0.1) is 0 Å². The summed E-state index contributed by atoms with van der Waals surface area (Å²) in [7, 11) is 0. The standard InChI is InChI=1S/C13H12N4O2/c1-2-19-12(18)10-7-11-8-5-3-4-6-9(8)15-13(14)17(11)16-10/h3-7H,2H2,1H3,(H2,14,15). The van der Waals surface area contributed by atoms with E-state index in [0.29, 0.717) is 6.61 Å². The average molecular weight is 256 g/mol. The van der Waals surface area contributed by atoms with Gasteiger partial charge in [0.25, 0.3) is 0 Å². The second-order valence-electron chi connectivity index (χ2n) is 4.03. The molecule has 0 aliphatic heterocycles. The van der Waals surface area contributed by atoms with Gasteiger partial charge in [-0.05, 0) is 19.1 Å². The molecule has 0 unspecified atom stereocenters. The third-order valence-electron chi connectivity index (χ3n) is 2.83. The Hall–Kier alpha value is -2.63. The van der Waals surface area contributed by atoms with Crippen LogP contribution in [0.3, 0.4) is 0 Å². The Kier molecular flexibility index (Phi) is 2.56. The lowest BCUT2D eigenvalue weighted by Crippen LogP contribution is -2.07. The van der Waals surface area contributed by atoms with Crippen molar-refractivity contribution in [1.82, 2.24) is 14.6 Å². The summed E-state index contributed by atoms with van der Waals surface area (Å²) < 4.78 is 6.39. The van der Waals surface area contributed by atoms with Crippen LogP contribution >= 0.6 is 0 Å². The molecule has 6 nitrogen and oxygen atoms in total. The van der Waals surface area contributed by atoms with E-state index in [1.54, 1.807) is 13.0 Å². The maximum absolute atomic E-state index is 11.7. The van der Waals surface area contributed by atoms with Crippen LogP contribution in [-0.4, -0.2) is 27.2 Å². The van der Waals surface area contributed by atoms with E-state index in [1.807, 2.05) is 24.3 Å². The molecule has 0 aliphatic carbocycles. The van der Waals surface area contributed by atoms with Crippen molar-refractivity contribution in [3.05, 3.63) is 36.0 Å². The molecular weight excluding hydrogens is 244 g/mol. The fraction of sp³-hybridized carbons (Fsp3) is 0.154. The quantitative estimate of drug-likeness (QED) is 0.705. The highest BCUT2D eigenvalue weighted by molar-refractivity contribution is 5.98. The topological polar surface area (TPSA) is 82.5 Å². The van der Waals surface area contributed by atoms with Gasteiger partial charge in [-0.1, -0.05) is 18.2 Å². The number of nitrogen functional groups attached to an aromatic ring is 1. The number of hydrogen-bond acceptors (Lipinski definition) is 5. The number of nitrogens with two attached hydrogens (primary N) is 1. The lowest BCUT2D eigenvalue weighted by molar-refractivity contribution is 0.0519. The highest BCUT2D eigenvalue weighted by Crippen LogP contribution is 2.21. The first kappa shape index (κ1) is 11.5. The van der Waals surface area contributed by atoms with Crippen molar-refractivity contribution in [2.75, 3.05) is 12.3 Å². The van der Waals surface area contributed by atoms with Crippen molar-refractivity contribution in [2.45, 2.75) is 6.92 Å². The summed E-state index contributed by atoms with van der Waals surface area (Å²) in [5.41, 5.74) is 7.58. The normalized spacial score (nSPS) is 11.0. The van der Waals surface area contributed by atoms with Gasteiger partial charge in [-0.15, -0.1) is 0 Å². The Balaban J connectivity index is 2.29. The number of hydrogen-bond donors (Lipinski definition) is 1. The minimum absolute atomic E-state index is 0.228. The molecular formula is C13H12N4O2. The second kappa shape index (κ2) is 4.24. The third kappa shape index (κ3) is 1.77. The van der Waals surface area contributed by atoms with E-state index in [-0.39, 0.29) is 11.6 Å². The molecule has 2 aromatic heterocycles. The summed E-state index contributed by atoms with van der Waals surface area (Å²) in [6.07, 6.45) is 0. The van der Waals surface area contributed by atoms with Crippen molar-refractivity contribution in [2.24, 2.45) is 0 Å². The van der Waals surface area contributed by atoms with Crippen molar-refractivity contribution in [1.29, 1.82) is 0 Å². The van der Waals surface area contributed by atoms with E-state index in [2.05, 4.69) is 10.1 Å². The maximum Gasteiger partial charge on any atom is 0.358 e. The first-order valence-electron chi connectivity index (χ1n) is 5.92. The molecule has 0 saturated heterocycles. The fourth-order valence-corrected chi connectivity index (χ4v) is 2.01. The highest BCUT2D eigenvalue weighted by atomic mass is 16.5. The molecule has 2 N–H and O–H groups in total. The number of nitrogens with zero attached hydrogens (tertiary/aromatic N) is 3.